The summed E-state index contributed by atoms with van der Waals surface area (Å²) in [6, 6.07) is 21.3. The van der Waals surface area contributed by atoms with Gasteiger partial charge in [0.1, 0.15) is 18.3 Å². The Bertz CT molecular complexity index is 1930. The molecule has 2 aliphatic rings. The van der Waals surface area contributed by atoms with Crippen molar-refractivity contribution in [2.24, 2.45) is 0 Å². The van der Waals surface area contributed by atoms with Crippen molar-refractivity contribution in [3.63, 3.8) is 0 Å². The fourth-order valence-corrected chi connectivity index (χ4v) is 6.15. The second kappa shape index (κ2) is 14.0. The van der Waals surface area contributed by atoms with Crippen LogP contribution in [-0.2, 0) is 35.0 Å². The lowest BCUT2D eigenvalue weighted by Crippen LogP contribution is -2.35. The molecule has 1 N–H and O–H groups in total. The molecule has 5 atom stereocenters. The summed E-state index contributed by atoms with van der Waals surface area (Å²) in [6.45, 7) is 4.49. The second-order valence-electron chi connectivity index (χ2n) is 11.4. The van der Waals surface area contributed by atoms with Gasteiger partial charge in [-0.3, -0.25) is 4.57 Å². The van der Waals surface area contributed by atoms with Crippen molar-refractivity contribution >= 4 is 23.2 Å². The number of ether oxygens (including phenoxy) is 7. The lowest BCUT2D eigenvalue weighted by molar-refractivity contribution is -0.0989. The van der Waals surface area contributed by atoms with E-state index in [9.17, 15) is 9.59 Å². The van der Waals surface area contributed by atoms with Gasteiger partial charge in [0.25, 0.3) is 6.01 Å². The Kier molecular flexibility index (Phi) is 9.19. The average Bonchev–Trinajstić information content (AvgIpc) is 3.92. The van der Waals surface area contributed by atoms with E-state index in [1.54, 1.807) is 25.3 Å². The first-order valence-corrected chi connectivity index (χ1v) is 15.8. The number of hydrogen-bond acceptors (Lipinski definition) is 13. The molecular formula is C34H34N6O9. The largest absolute Gasteiger partial charge is 0.511 e. The summed E-state index contributed by atoms with van der Waals surface area (Å²) in [5.74, 6) is -0.211. The molecule has 0 bridgehead atoms. The highest BCUT2D eigenvalue weighted by atomic mass is 16.8. The zero-order chi connectivity index (χ0) is 33.9. The van der Waals surface area contributed by atoms with Crippen molar-refractivity contribution in [2.75, 3.05) is 26.9 Å². The predicted octanol–water partition coefficient (Wildman–Crippen LogP) is 4.17. The highest BCUT2D eigenvalue weighted by Gasteiger charge is 2.50. The van der Waals surface area contributed by atoms with Gasteiger partial charge in [0.2, 0.25) is 12.1 Å². The molecular weight excluding hydrogens is 636 g/mol. The van der Waals surface area contributed by atoms with Gasteiger partial charge in [-0.15, -0.1) is 10.2 Å². The number of para-hydroxylation sites is 1. The summed E-state index contributed by atoms with van der Waals surface area (Å²) >= 11 is 0. The van der Waals surface area contributed by atoms with Crippen LogP contribution in [0, 0.1) is 0 Å². The minimum absolute atomic E-state index is 0.142. The van der Waals surface area contributed by atoms with E-state index in [0.29, 0.717) is 42.6 Å². The number of carbonyl (C=O) groups excluding carboxylic acids is 2. The lowest BCUT2D eigenvalue weighted by Gasteiger charge is -2.19. The number of nitrogens with zero attached hydrogens (tertiary/aromatic N) is 5. The van der Waals surface area contributed by atoms with E-state index in [2.05, 4.69) is 25.6 Å². The molecule has 0 radical (unpaired) electrons. The molecule has 0 amide bonds. The Morgan fingerprint density at radius 2 is 1.71 bits per heavy atom. The van der Waals surface area contributed by atoms with Gasteiger partial charge in [0.05, 0.1) is 43.0 Å². The first kappa shape index (κ1) is 32.2. The van der Waals surface area contributed by atoms with Gasteiger partial charge in [-0.25, -0.2) is 9.59 Å². The predicted molar refractivity (Wildman–Crippen MR) is 172 cm³/mol. The number of imidazole rings is 1. The number of tetrazole rings is 1. The smallest absolute Gasteiger partial charge is 0.465 e. The van der Waals surface area contributed by atoms with Crippen LogP contribution in [0.5, 0.6) is 6.01 Å². The Hall–Kier alpha value is -5.38. The minimum atomic E-state index is -1.25. The van der Waals surface area contributed by atoms with Gasteiger partial charge >= 0.3 is 12.1 Å². The number of nitrogens with one attached hydrogen (secondary N) is 1. The monoisotopic (exact) mass is 670 g/mol. The van der Waals surface area contributed by atoms with Crippen molar-refractivity contribution in [1.82, 2.24) is 30.2 Å². The molecule has 4 heterocycles. The van der Waals surface area contributed by atoms with E-state index in [1.165, 1.54) is 6.92 Å². The molecule has 2 fully saturated rings. The molecule has 5 aromatic rings. The van der Waals surface area contributed by atoms with Crippen LogP contribution in [0.1, 0.15) is 29.8 Å². The summed E-state index contributed by atoms with van der Waals surface area (Å²) in [6.07, 6.45) is -3.97. The zero-order valence-electron chi connectivity index (χ0n) is 27.0. The van der Waals surface area contributed by atoms with Gasteiger partial charge < -0.3 is 33.2 Å². The van der Waals surface area contributed by atoms with E-state index < -0.39 is 30.6 Å². The van der Waals surface area contributed by atoms with Crippen LogP contribution < -0.4 is 4.74 Å². The van der Waals surface area contributed by atoms with Gasteiger partial charge in [-0.2, -0.15) is 10.2 Å². The molecule has 15 nitrogen and oxygen atoms in total. The molecule has 0 aliphatic carbocycles. The van der Waals surface area contributed by atoms with E-state index in [0.717, 1.165) is 22.3 Å². The van der Waals surface area contributed by atoms with E-state index in [-0.39, 0.29) is 24.4 Å². The summed E-state index contributed by atoms with van der Waals surface area (Å²) in [5, 5.41) is 14.5. The Balaban J connectivity index is 1.07. The third-order valence-electron chi connectivity index (χ3n) is 8.39. The molecule has 2 aliphatic heterocycles. The molecule has 2 aromatic heterocycles. The van der Waals surface area contributed by atoms with Crippen LogP contribution in [0.4, 0.5) is 4.79 Å². The van der Waals surface area contributed by atoms with E-state index in [1.807, 2.05) is 60.0 Å². The van der Waals surface area contributed by atoms with Crippen LogP contribution in [0.25, 0.3) is 33.5 Å². The van der Waals surface area contributed by atoms with Crippen LogP contribution in [0.3, 0.4) is 0 Å². The minimum Gasteiger partial charge on any atom is -0.465 e. The number of esters is 1. The SMILES string of the molecule is CCOc1nc2cccc(C(=O)OC(C)OC(=O)O[C@@H]3CO[C@@H]4[C@H]3OC[C@H]4OC)c2n1Cc1ccc(-c2ccccc2-c2nn[nH]n2)cc1. The Morgan fingerprint density at radius 3 is 2.45 bits per heavy atom. The first-order chi connectivity index (χ1) is 23.9. The van der Waals surface area contributed by atoms with Gasteiger partial charge in [0.15, 0.2) is 6.10 Å². The van der Waals surface area contributed by atoms with Crippen LogP contribution in [0.15, 0.2) is 66.7 Å². The summed E-state index contributed by atoms with van der Waals surface area (Å²) in [5.41, 5.74) is 4.98. The van der Waals surface area contributed by atoms with Crippen molar-refractivity contribution in [3.05, 3.63) is 77.9 Å². The fraction of sp³-hybridized carbons (Fsp3) is 0.353. The third-order valence-corrected chi connectivity index (χ3v) is 8.39. The average molecular weight is 671 g/mol. The number of methoxy groups -OCH3 is 1. The number of benzene rings is 3. The van der Waals surface area contributed by atoms with Crippen molar-refractivity contribution in [3.8, 4) is 28.5 Å². The molecule has 0 spiro atoms. The van der Waals surface area contributed by atoms with Crippen molar-refractivity contribution in [2.45, 2.75) is 51.1 Å². The molecule has 2 saturated heterocycles. The quantitative estimate of drug-likeness (QED) is 0.157. The third kappa shape index (κ3) is 6.55. The van der Waals surface area contributed by atoms with E-state index >= 15 is 0 Å². The molecule has 254 valence electrons. The second-order valence-corrected chi connectivity index (χ2v) is 11.4. The number of carbonyl (C=O) groups is 2. The maximum Gasteiger partial charge on any atom is 0.511 e. The summed E-state index contributed by atoms with van der Waals surface area (Å²) in [4.78, 5) is 30.7. The number of aromatic amines is 1. The standard InChI is InChI=1S/C34H34N6O9/c1-4-44-33-35-25-11-7-10-24(32(41)47-19(2)48-34(42)49-27-18-46-29-26(43-3)17-45-30(27)29)28(25)40(33)16-20-12-14-21(15-13-20)22-8-5-6-9-23(22)31-36-38-39-37-31/h5-15,19,26-27,29-30H,4,16-18H2,1-3H3,(H,36,37,38,39)/t19?,26-,27-,29+,30+/m1/s1. The Labute approximate surface area is 280 Å². The number of aromatic nitrogens is 6. The molecule has 15 heteroatoms. The lowest BCUT2D eigenvalue weighted by atomic mass is 9.98. The topological polar surface area (TPSA) is 171 Å². The zero-order valence-corrected chi connectivity index (χ0v) is 27.0. The molecule has 3 aromatic carbocycles. The number of fused-ring (bicyclic) bond motifs is 2. The van der Waals surface area contributed by atoms with Crippen molar-refractivity contribution < 1.29 is 42.7 Å². The molecule has 0 saturated carbocycles. The van der Waals surface area contributed by atoms with Crippen molar-refractivity contribution in [1.29, 1.82) is 0 Å². The Morgan fingerprint density at radius 1 is 0.959 bits per heavy atom. The number of H-pyrrole nitrogens is 1. The molecule has 7 rings (SSSR count). The summed E-state index contributed by atoms with van der Waals surface area (Å²) in [7, 11) is 1.57. The van der Waals surface area contributed by atoms with Gasteiger partial charge in [0, 0.05) is 19.6 Å². The maximum atomic E-state index is 13.5. The van der Waals surface area contributed by atoms with Gasteiger partial charge in [-0.1, -0.05) is 54.6 Å². The van der Waals surface area contributed by atoms with E-state index in [4.69, 9.17) is 33.2 Å². The highest BCUT2D eigenvalue weighted by Crippen LogP contribution is 2.32. The van der Waals surface area contributed by atoms with Crippen LogP contribution in [-0.4, -0.2) is 99.9 Å². The molecule has 49 heavy (non-hydrogen) atoms. The van der Waals surface area contributed by atoms with Crippen LogP contribution in [0.2, 0.25) is 0 Å². The maximum absolute atomic E-state index is 13.5. The fourth-order valence-electron chi connectivity index (χ4n) is 6.15. The van der Waals surface area contributed by atoms with Crippen LogP contribution >= 0.6 is 0 Å². The number of rotatable bonds is 11. The molecule has 1 unspecified atom stereocenters. The first-order valence-electron chi connectivity index (χ1n) is 15.8. The number of hydrogen-bond donors (Lipinski definition) is 1. The summed E-state index contributed by atoms with van der Waals surface area (Å²) < 4.78 is 40.7. The highest BCUT2D eigenvalue weighted by molar-refractivity contribution is 6.02. The normalized spacial score (nSPS) is 20.6. The van der Waals surface area contributed by atoms with Gasteiger partial charge in [-0.05, 0) is 41.0 Å².